The summed E-state index contributed by atoms with van der Waals surface area (Å²) in [5.41, 5.74) is 2.56. The molecule has 172 valence electrons. The Hall–Kier alpha value is -3.07. The number of para-hydroxylation sites is 1. The summed E-state index contributed by atoms with van der Waals surface area (Å²) in [5.74, 6) is -0.273. The molecule has 0 radical (unpaired) electrons. The molecule has 0 saturated heterocycles. The molecule has 0 N–H and O–H groups in total. The highest BCUT2D eigenvalue weighted by Crippen LogP contribution is 2.45. The van der Waals surface area contributed by atoms with Gasteiger partial charge in [-0.15, -0.1) is 17.9 Å². The summed E-state index contributed by atoms with van der Waals surface area (Å²) in [5, 5.41) is 7.31. The van der Waals surface area contributed by atoms with E-state index in [9.17, 15) is 9.59 Å². The minimum Gasteiger partial charge on any atom is -0.334 e. The molecular formula is C25H21ClN4O2S2. The topological polar surface area (TPSA) is 57.9 Å². The highest BCUT2D eigenvalue weighted by Gasteiger charge is 2.32. The van der Waals surface area contributed by atoms with Crippen LogP contribution in [-0.2, 0) is 11.3 Å². The zero-order valence-electron chi connectivity index (χ0n) is 18.6. The van der Waals surface area contributed by atoms with Crippen LogP contribution in [0.4, 0.5) is 11.4 Å². The van der Waals surface area contributed by atoms with Crippen LogP contribution in [-0.4, -0.2) is 22.7 Å². The molecule has 0 aliphatic carbocycles. The summed E-state index contributed by atoms with van der Waals surface area (Å²) < 4.78 is 2.82. The second-order valence-electron chi connectivity index (χ2n) is 7.71. The van der Waals surface area contributed by atoms with Crippen molar-refractivity contribution in [3.05, 3.63) is 85.8 Å². The number of carbonyl (C=O) groups excluding carboxylic acids is 1. The van der Waals surface area contributed by atoms with Crippen molar-refractivity contribution < 1.29 is 4.79 Å². The fraction of sp³-hybridized carbons (Fsp3) is 0.160. The second-order valence-corrected chi connectivity index (χ2v) is 10.2. The molecule has 0 bridgehead atoms. The van der Waals surface area contributed by atoms with Gasteiger partial charge in [-0.25, -0.2) is 0 Å². The smallest absolute Gasteiger partial charge is 0.283 e. The number of aromatic nitrogens is 1. The van der Waals surface area contributed by atoms with Crippen LogP contribution < -0.4 is 24.7 Å². The van der Waals surface area contributed by atoms with E-state index in [0.717, 1.165) is 22.2 Å². The number of carbonyl (C=O) groups is 1. The quantitative estimate of drug-likeness (QED) is 0.499. The lowest BCUT2D eigenvalue weighted by Crippen LogP contribution is -2.35. The van der Waals surface area contributed by atoms with Crippen molar-refractivity contribution in [3.8, 4) is 0 Å². The van der Waals surface area contributed by atoms with Crippen LogP contribution in [0.2, 0.25) is 5.02 Å². The molecular weight excluding hydrogens is 488 g/mol. The molecule has 34 heavy (non-hydrogen) atoms. The van der Waals surface area contributed by atoms with E-state index in [0.29, 0.717) is 37.7 Å². The molecule has 0 spiro atoms. The SMILES string of the molecule is C=CCn1c(=O)/c(=C2/Sc3ccccc3N2CC)s/c1=C1\C(=O)N(c2ccc(Cl)cc2)N=C1C. The Balaban J connectivity index is 1.74. The third kappa shape index (κ3) is 3.62. The van der Waals surface area contributed by atoms with Crippen LogP contribution in [0.5, 0.6) is 0 Å². The fourth-order valence-electron chi connectivity index (χ4n) is 4.05. The highest BCUT2D eigenvalue weighted by molar-refractivity contribution is 8.08. The van der Waals surface area contributed by atoms with Gasteiger partial charge in [0.15, 0.2) is 0 Å². The molecule has 6 nitrogen and oxygen atoms in total. The Morgan fingerprint density at radius 3 is 2.56 bits per heavy atom. The number of hydrogen-bond donors (Lipinski definition) is 0. The maximum absolute atomic E-state index is 13.6. The number of hydrazone groups is 1. The fourth-order valence-corrected chi connectivity index (χ4v) is 6.78. The third-order valence-electron chi connectivity index (χ3n) is 5.62. The van der Waals surface area contributed by atoms with Crippen LogP contribution in [0.1, 0.15) is 13.8 Å². The van der Waals surface area contributed by atoms with Crippen LogP contribution in [0.3, 0.4) is 0 Å². The first-order chi connectivity index (χ1) is 16.4. The number of amides is 1. The number of anilines is 2. The number of halogens is 1. The Morgan fingerprint density at radius 2 is 1.85 bits per heavy atom. The number of hydrogen-bond acceptors (Lipinski definition) is 6. The minimum atomic E-state index is -0.273. The van der Waals surface area contributed by atoms with E-state index in [1.165, 1.54) is 16.3 Å². The second kappa shape index (κ2) is 8.94. The summed E-state index contributed by atoms with van der Waals surface area (Å²) in [7, 11) is 0. The summed E-state index contributed by atoms with van der Waals surface area (Å²) in [6.07, 6.45) is 1.67. The van der Waals surface area contributed by atoms with Gasteiger partial charge >= 0.3 is 0 Å². The van der Waals surface area contributed by atoms with Crippen LogP contribution in [0, 0.1) is 0 Å². The van der Waals surface area contributed by atoms with E-state index in [2.05, 4.69) is 35.6 Å². The molecule has 3 heterocycles. The molecule has 9 heteroatoms. The standard InChI is InChI=1S/C25H21ClN4O2S2/c1-4-14-29-23(32)21(25-28(5-2)18-8-6-7-9-19(18)33-25)34-24(29)20-15(3)27-30(22(20)31)17-12-10-16(26)11-13-17/h4,6-13H,1,5,14H2,2-3H3/b24-20-,25-21-. The van der Waals surface area contributed by atoms with Gasteiger partial charge in [0.25, 0.3) is 11.5 Å². The Bertz CT molecular complexity index is 1540. The number of rotatable bonds is 4. The van der Waals surface area contributed by atoms with Crippen LogP contribution in [0.15, 0.2) is 76.0 Å². The first-order valence-corrected chi connectivity index (χ1v) is 12.7. The van der Waals surface area contributed by atoms with Gasteiger partial charge in [-0.1, -0.05) is 41.6 Å². The Kier molecular flexibility index (Phi) is 5.97. The van der Waals surface area contributed by atoms with Crippen molar-refractivity contribution in [3.63, 3.8) is 0 Å². The van der Waals surface area contributed by atoms with Crippen molar-refractivity contribution in [2.24, 2.45) is 5.10 Å². The molecule has 0 fully saturated rings. The summed E-state index contributed by atoms with van der Waals surface area (Å²) in [6.45, 7) is 8.70. The van der Waals surface area contributed by atoms with Gasteiger partial charge in [0, 0.05) is 23.0 Å². The Morgan fingerprint density at radius 1 is 1.12 bits per heavy atom. The number of thioether (sulfide) groups is 1. The Labute approximate surface area is 209 Å². The van der Waals surface area contributed by atoms with E-state index in [-0.39, 0.29) is 11.5 Å². The van der Waals surface area contributed by atoms with Crippen molar-refractivity contribution >= 4 is 68.3 Å². The number of thiazole rings is 1. The molecule has 2 aliphatic heterocycles. The molecule has 3 aromatic rings. The van der Waals surface area contributed by atoms with E-state index < -0.39 is 0 Å². The first kappa shape index (κ1) is 22.7. The largest absolute Gasteiger partial charge is 0.334 e. The number of allylic oxidation sites excluding steroid dienone is 1. The van der Waals surface area contributed by atoms with E-state index in [1.807, 2.05) is 12.1 Å². The van der Waals surface area contributed by atoms with Gasteiger partial charge in [-0.05, 0) is 50.2 Å². The monoisotopic (exact) mass is 508 g/mol. The van der Waals surface area contributed by atoms with E-state index in [1.54, 1.807) is 53.6 Å². The normalized spacial score (nSPS) is 18.4. The highest BCUT2D eigenvalue weighted by atomic mass is 35.5. The molecule has 5 rings (SSSR count). The third-order valence-corrected chi connectivity index (χ3v) is 8.37. The first-order valence-electron chi connectivity index (χ1n) is 10.7. The van der Waals surface area contributed by atoms with Crippen LogP contribution >= 0.6 is 34.7 Å². The molecule has 1 amide bonds. The van der Waals surface area contributed by atoms with Crippen molar-refractivity contribution in [2.75, 3.05) is 16.5 Å². The number of benzene rings is 2. The van der Waals surface area contributed by atoms with Crippen LogP contribution in [0.25, 0.3) is 10.6 Å². The van der Waals surface area contributed by atoms with Crippen molar-refractivity contribution in [1.29, 1.82) is 0 Å². The molecule has 0 atom stereocenters. The number of nitrogens with zero attached hydrogens (tertiary/aromatic N) is 4. The molecule has 2 aliphatic rings. The average molecular weight is 509 g/mol. The molecule has 0 unspecified atom stereocenters. The summed E-state index contributed by atoms with van der Waals surface area (Å²) in [6, 6.07) is 15.0. The summed E-state index contributed by atoms with van der Waals surface area (Å²) >= 11 is 8.92. The predicted octanol–water partition coefficient (Wildman–Crippen LogP) is 4.02. The number of fused-ring (bicyclic) bond motifs is 1. The van der Waals surface area contributed by atoms with Gasteiger partial charge in [0.05, 0.1) is 22.7 Å². The zero-order chi connectivity index (χ0) is 24.0. The van der Waals surface area contributed by atoms with E-state index >= 15 is 0 Å². The predicted molar refractivity (Wildman–Crippen MR) is 142 cm³/mol. The average Bonchev–Trinajstić information content (AvgIpc) is 3.45. The van der Waals surface area contributed by atoms with Gasteiger partial charge in [0.1, 0.15) is 14.2 Å². The lowest BCUT2D eigenvalue weighted by Gasteiger charge is -2.16. The van der Waals surface area contributed by atoms with E-state index in [4.69, 9.17) is 11.6 Å². The molecule has 0 saturated carbocycles. The van der Waals surface area contributed by atoms with Gasteiger partial charge in [0.2, 0.25) is 0 Å². The summed E-state index contributed by atoms with van der Waals surface area (Å²) in [4.78, 5) is 30.4. The van der Waals surface area contributed by atoms with Crippen molar-refractivity contribution in [2.45, 2.75) is 25.3 Å². The lowest BCUT2D eigenvalue weighted by molar-refractivity contribution is -0.112. The maximum atomic E-state index is 13.6. The maximum Gasteiger partial charge on any atom is 0.283 e. The lowest BCUT2D eigenvalue weighted by atomic mass is 10.2. The van der Waals surface area contributed by atoms with Gasteiger partial charge in [-0.2, -0.15) is 10.1 Å². The molecule has 1 aromatic heterocycles. The van der Waals surface area contributed by atoms with Gasteiger partial charge < -0.3 is 4.90 Å². The van der Waals surface area contributed by atoms with Gasteiger partial charge in [-0.3, -0.25) is 14.2 Å². The van der Waals surface area contributed by atoms with Crippen molar-refractivity contribution in [1.82, 2.24) is 4.57 Å². The molecule has 2 aromatic carbocycles. The zero-order valence-corrected chi connectivity index (χ0v) is 21.0. The minimum absolute atomic E-state index is 0.133.